The molecule has 0 aromatic heterocycles. The standard InChI is InChI=1S/C18H29NO3/c1-2-17-10-11-18(21)15(14(17)8-9-16(17)20)7-6-13(22-18)5-3-4-12-19/h13-16,20-21H,2-11H2,1H3. The third kappa shape index (κ3) is 2.48. The summed E-state index contributed by atoms with van der Waals surface area (Å²) in [4.78, 5) is 0. The summed E-state index contributed by atoms with van der Waals surface area (Å²) in [6, 6.07) is 2.17. The molecule has 1 heterocycles. The number of fused-ring (bicyclic) bond motifs is 3. The van der Waals surface area contributed by atoms with E-state index in [1.807, 2.05) is 0 Å². The number of aliphatic hydroxyl groups is 2. The molecule has 2 N–H and O–H groups in total. The van der Waals surface area contributed by atoms with Gasteiger partial charge >= 0.3 is 0 Å². The van der Waals surface area contributed by atoms with Crippen molar-refractivity contribution in [3.05, 3.63) is 0 Å². The molecular formula is C18H29NO3. The predicted octanol–water partition coefficient (Wildman–Crippen LogP) is 3.13. The molecule has 1 saturated heterocycles. The topological polar surface area (TPSA) is 73.5 Å². The minimum atomic E-state index is -0.997. The molecule has 4 nitrogen and oxygen atoms in total. The number of hydrogen-bond donors (Lipinski definition) is 2. The van der Waals surface area contributed by atoms with Crippen LogP contribution in [0.4, 0.5) is 0 Å². The molecule has 124 valence electrons. The van der Waals surface area contributed by atoms with Crippen LogP contribution in [0.5, 0.6) is 0 Å². The molecule has 4 heteroatoms. The summed E-state index contributed by atoms with van der Waals surface area (Å²) in [6.45, 7) is 2.18. The Bertz CT molecular complexity index is 448. The van der Waals surface area contributed by atoms with Crippen LogP contribution < -0.4 is 0 Å². The smallest absolute Gasteiger partial charge is 0.168 e. The molecule has 0 amide bonds. The van der Waals surface area contributed by atoms with Gasteiger partial charge in [0.15, 0.2) is 5.79 Å². The first-order valence-corrected chi connectivity index (χ1v) is 9.01. The molecule has 22 heavy (non-hydrogen) atoms. The van der Waals surface area contributed by atoms with Gasteiger partial charge in [0.25, 0.3) is 0 Å². The van der Waals surface area contributed by atoms with E-state index in [1.165, 1.54) is 0 Å². The van der Waals surface area contributed by atoms with E-state index >= 15 is 0 Å². The maximum atomic E-state index is 11.1. The van der Waals surface area contributed by atoms with Crippen molar-refractivity contribution in [2.45, 2.75) is 89.1 Å². The van der Waals surface area contributed by atoms with Gasteiger partial charge in [-0.25, -0.2) is 0 Å². The van der Waals surface area contributed by atoms with Gasteiger partial charge in [0.05, 0.1) is 18.3 Å². The summed E-state index contributed by atoms with van der Waals surface area (Å²) < 4.78 is 6.12. The largest absolute Gasteiger partial charge is 0.393 e. The summed E-state index contributed by atoms with van der Waals surface area (Å²) in [7, 11) is 0. The molecular weight excluding hydrogens is 278 g/mol. The lowest BCUT2D eigenvalue weighted by Gasteiger charge is -2.55. The van der Waals surface area contributed by atoms with Gasteiger partial charge in [-0.15, -0.1) is 0 Å². The number of rotatable bonds is 4. The molecule has 0 aromatic rings. The predicted molar refractivity (Wildman–Crippen MR) is 82.7 cm³/mol. The normalized spacial score (nSPS) is 47.5. The number of nitriles is 1. The second-order valence-electron chi connectivity index (χ2n) is 7.61. The van der Waals surface area contributed by atoms with Gasteiger partial charge in [-0.05, 0) is 62.7 Å². The zero-order valence-corrected chi connectivity index (χ0v) is 13.6. The Hall–Kier alpha value is -0.630. The zero-order chi connectivity index (χ0) is 15.8. The molecule has 3 rings (SSSR count). The quantitative estimate of drug-likeness (QED) is 0.783. The monoisotopic (exact) mass is 307 g/mol. The summed E-state index contributed by atoms with van der Waals surface area (Å²) in [5.74, 6) is -0.431. The van der Waals surface area contributed by atoms with Crippen LogP contribution in [-0.4, -0.2) is 28.2 Å². The van der Waals surface area contributed by atoms with Gasteiger partial charge in [0, 0.05) is 18.8 Å². The summed E-state index contributed by atoms with van der Waals surface area (Å²) in [5, 5.41) is 30.2. The van der Waals surface area contributed by atoms with Gasteiger partial charge in [-0.1, -0.05) is 6.92 Å². The van der Waals surface area contributed by atoms with Crippen LogP contribution in [0.15, 0.2) is 0 Å². The first-order valence-electron chi connectivity index (χ1n) is 9.01. The average Bonchev–Trinajstić information content (AvgIpc) is 2.84. The second-order valence-corrected chi connectivity index (χ2v) is 7.61. The second kappa shape index (κ2) is 6.11. The molecule has 0 aromatic carbocycles. The lowest BCUT2D eigenvalue weighted by molar-refractivity contribution is -0.321. The minimum absolute atomic E-state index is 0.00784. The van der Waals surface area contributed by atoms with E-state index in [0.717, 1.165) is 51.4 Å². The van der Waals surface area contributed by atoms with Crippen LogP contribution >= 0.6 is 0 Å². The Labute approximate surface area is 133 Å². The summed E-state index contributed by atoms with van der Waals surface area (Å²) >= 11 is 0. The van der Waals surface area contributed by atoms with Crippen molar-refractivity contribution in [2.24, 2.45) is 17.3 Å². The molecule has 0 radical (unpaired) electrons. The van der Waals surface area contributed by atoms with Gasteiger partial charge in [-0.2, -0.15) is 5.26 Å². The van der Waals surface area contributed by atoms with E-state index < -0.39 is 5.79 Å². The number of unbranched alkanes of at least 4 members (excludes halogenated alkanes) is 1. The molecule has 6 unspecified atom stereocenters. The molecule has 1 aliphatic heterocycles. The number of hydrogen-bond acceptors (Lipinski definition) is 4. The third-order valence-corrected chi connectivity index (χ3v) is 6.81. The van der Waals surface area contributed by atoms with Crippen LogP contribution in [0.25, 0.3) is 0 Å². The first kappa shape index (κ1) is 16.2. The van der Waals surface area contributed by atoms with Crippen LogP contribution in [0, 0.1) is 28.6 Å². The summed E-state index contributed by atoms with van der Waals surface area (Å²) in [5.41, 5.74) is 0.00784. The van der Waals surface area contributed by atoms with Crippen LogP contribution in [0.3, 0.4) is 0 Å². The summed E-state index contributed by atoms with van der Waals surface area (Å²) in [6.07, 6.45) is 8.54. The molecule has 3 aliphatic rings. The van der Waals surface area contributed by atoms with E-state index in [1.54, 1.807) is 0 Å². The maximum absolute atomic E-state index is 11.1. The SMILES string of the molecule is CCC12CCC3(O)OC(CCCC#N)CCC3C1CCC2O. The highest BCUT2D eigenvalue weighted by atomic mass is 16.6. The number of ether oxygens (including phenoxy) is 1. The van der Waals surface area contributed by atoms with Crippen LogP contribution in [-0.2, 0) is 4.74 Å². The molecule has 2 aliphatic carbocycles. The molecule has 0 bridgehead atoms. The van der Waals surface area contributed by atoms with Crippen LogP contribution in [0.2, 0.25) is 0 Å². The third-order valence-electron chi connectivity index (χ3n) is 6.81. The molecule has 2 saturated carbocycles. The van der Waals surface area contributed by atoms with Crippen molar-refractivity contribution >= 4 is 0 Å². The highest BCUT2D eigenvalue weighted by Gasteiger charge is 2.61. The fraction of sp³-hybridized carbons (Fsp3) is 0.944. The first-order chi connectivity index (χ1) is 10.6. The Balaban J connectivity index is 1.71. The van der Waals surface area contributed by atoms with Crippen molar-refractivity contribution in [2.75, 3.05) is 0 Å². The zero-order valence-electron chi connectivity index (χ0n) is 13.6. The van der Waals surface area contributed by atoms with Crippen molar-refractivity contribution in [3.63, 3.8) is 0 Å². The molecule has 0 spiro atoms. The van der Waals surface area contributed by atoms with Gasteiger partial charge in [0.1, 0.15) is 0 Å². The minimum Gasteiger partial charge on any atom is -0.393 e. The Kier molecular flexibility index (Phi) is 4.51. The average molecular weight is 307 g/mol. The van der Waals surface area contributed by atoms with E-state index in [-0.39, 0.29) is 23.5 Å². The number of aliphatic hydroxyl groups excluding tert-OH is 1. The fourth-order valence-corrected chi connectivity index (χ4v) is 5.60. The molecule has 3 fully saturated rings. The highest BCUT2D eigenvalue weighted by molar-refractivity contribution is 5.07. The van der Waals surface area contributed by atoms with Crippen molar-refractivity contribution in [1.82, 2.24) is 0 Å². The van der Waals surface area contributed by atoms with Gasteiger partial charge in [-0.3, -0.25) is 0 Å². The Morgan fingerprint density at radius 3 is 2.68 bits per heavy atom. The lowest BCUT2D eigenvalue weighted by Crippen LogP contribution is -2.58. The van der Waals surface area contributed by atoms with Crippen molar-refractivity contribution in [3.8, 4) is 6.07 Å². The number of nitrogens with zero attached hydrogens (tertiary/aromatic N) is 1. The van der Waals surface area contributed by atoms with Gasteiger partial charge < -0.3 is 14.9 Å². The Morgan fingerprint density at radius 1 is 1.18 bits per heavy atom. The van der Waals surface area contributed by atoms with Crippen molar-refractivity contribution in [1.29, 1.82) is 5.26 Å². The Morgan fingerprint density at radius 2 is 1.95 bits per heavy atom. The van der Waals surface area contributed by atoms with Crippen LogP contribution in [0.1, 0.15) is 71.1 Å². The maximum Gasteiger partial charge on any atom is 0.168 e. The molecule has 6 atom stereocenters. The van der Waals surface area contributed by atoms with Crippen molar-refractivity contribution < 1.29 is 14.9 Å². The van der Waals surface area contributed by atoms with E-state index in [2.05, 4.69) is 13.0 Å². The van der Waals surface area contributed by atoms with E-state index in [9.17, 15) is 10.2 Å². The van der Waals surface area contributed by atoms with E-state index in [0.29, 0.717) is 18.8 Å². The lowest BCUT2D eigenvalue weighted by atomic mass is 9.57. The highest BCUT2D eigenvalue weighted by Crippen LogP contribution is 2.61. The van der Waals surface area contributed by atoms with Gasteiger partial charge in [0.2, 0.25) is 0 Å². The van der Waals surface area contributed by atoms with E-state index in [4.69, 9.17) is 10.00 Å². The fourth-order valence-electron chi connectivity index (χ4n) is 5.60.